The molecule has 22 heteroatoms. The maximum atomic E-state index is 14.3. The van der Waals surface area contributed by atoms with E-state index in [1.54, 1.807) is 0 Å². The van der Waals surface area contributed by atoms with Crippen molar-refractivity contribution in [2.24, 2.45) is 5.73 Å². The normalized spacial score (nSPS) is 14.3. The van der Waals surface area contributed by atoms with Gasteiger partial charge in [0.15, 0.2) is 0 Å². The number of thiophene rings is 1. The van der Waals surface area contributed by atoms with Crippen molar-refractivity contribution in [3.8, 4) is 11.1 Å². The van der Waals surface area contributed by atoms with Gasteiger partial charge in [0.1, 0.15) is 5.00 Å². The molecule has 0 saturated heterocycles. The van der Waals surface area contributed by atoms with Crippen LogP contribution in [0.25, 0.3) is 11.1 Å². The number of carbonyl (C=O) groups is 2. The van der Waals surface area contributed by atoms with Crippen molar-refractivity contribution in [3.05, 3.63) is 40.2 Å². The van der Waals surface area contributed by atoms with Crippen LogP contribution in [0.15, 0.2) is 29.6 Å². The molecule has 0 spiro atoms. The van der Waals surface area contributed by atoms with Gasteiger partial charge < -0.3 is 11.1 Å². The molecule has 0 radical (unpaired) electrons. The lowest BCUT2D eigenvalue weighted by Gasteiger charge is -2.42. The van der Waals surface area contributed by atoms with E-state index >= 15 is 0 Å². The van der Waals surface area contributed by atoms with Crippen LogP contribution in [-0.4, -0.2) is 59.7 Å². The van der Waals surface area contributed by atoms with Gasteiger partial charge in [-0.1, -0.05) is 23.7 Å². The Bertz CT molecular complexity index is 1340. The number of primary amides is 1. The Balaban J connectivity index is 2.56. The molecule has 0 atom stereocenters. The standard InChI is InChI=1S/C20H9ClF16N2O2S/c21-7-3-1-6(2-4-7)8-5-42-11(9(8)10(38)40)39-13(41)15(26,27)17(30,31)19(34,35)20(36,37)18(32,33)16(28,29)14(24,25)12(22)23/h1-5,12H,(H2,38,40)(H,39,41). The van der Waals surface area contributed by atoms with Crippen LogP contribution in [0, 0.1) is 0 Å². The van der Waals surface area contributed by atoms with Crippen molar-refractivity contribution < 1.29 is 79.8 Å². The first-order chi connectivity index (χ1) is 18.6. The third kappa shape index (κ3) is 5.00. The number of rotatable bonds is 11. The van der Waals surface area contributed by atoms with Crippen LogP contribution in [0.5, 0.6) is 0 Å². The summed E-state index contributed by atoms with van der Waals surface area (Å²) in [6, 6.07) is 4.73. The Morgan fingerprint density at radius 3 is 1.60 bits per heavy atom. The number of hydrogen-bond donors (Lipinski definition) is 2. The van der Waals surface area contributed by atoms with Gasteiger partial charge in [0, 0.05) is 16.0 Å². The molecule has 2 aromatic rings. The first kappa shape index (κ1) is 35.2. The van der Waals surface area contributed by atoms with Crippen LogP contribution in [-0.2, 0) is 4.79 Å². The summed E-state index contributed by atoms with van der Waals surface area (Å²) in [6.07, 6.45) is -5.97. The highest BCUT2D eigenvalue weighted by Crippen LogP contribution is 2.62. The quantitative estimate of drug-likeness (QED) is 0.238. The lowest BCUT2D eigenvalue weighted by atomic mass is 9.89. The maximum Gasteiger partial charge on any atom is 0.393 e. The highest BCUT2D eigenvalue weighted by molar-refractivity contribution is 7.15. The molecule has 3 N–H and O–H groups in total. The molecule has 2 amide bonds. The SMILES string of the molecule is NC(=O)c1c(-c2ccc(Cl)cc2)csc1NC(=O)C(F)(F)C(F)(F)C(F)(F)C(F)(F)C(F)(F)C(F)(F)C(F)(F)C(F)F. The van der Waals surface area contributed by atoms with E-state index in [4.69, 9.17) is 17.3 Å². The van der Waals surface area contributed by atoms with Gasteiger partial charge in [-0.25, -0.2) is 8.78 Å². The number of halogens is 17. The molecule has 0 aliphatic heterocycles. The van der Waals surface area contributed by atoms with E-state index in [2.05, 4.69) is 0 Å². The van der Waals surface area contributed by atoms with Crippen molar-refractivity contribution in [3.63, 3.8) is 0 Å². The molecule has 0 aliphatic carbocycles. The molecule has 0 aliphatic rings. The third-order valence-corrected chi connectivity index (χ3v) is 6.52. The Morgan fingerprint density at radius 2 is 1.17 bits per heavy atom. The molecule has 236 valence electrons. The zero-order chi connectivity index (χ0) is 33.1. The van der Waals surface area contributed by atoms with Crippen LogP contribution in [0.4, 0.5) is 75.2 Å². The molecule has 0 fully saturated rings. The summed E-state index contributed by atoms with van der Waals surface area (Å²) < 4.78 is 216. The number of carbonyl (C=O) groups excluding carboxylic acids is 2. The van der Waals surface area contributed by atoms with Crippen molar-refractivity contribution in [2.75, 3.05) is 5.32 Å². The molecule has 0 unspecified atom stereocenters. The van der Waals surface area contributed by atoms with E-state index in [9.17, 15) is 79.8 Å². The van der Waals surface area contributed by atoms with E-state index in [1.165, 1.54) is 24.3 Å². The molecule has 4 nitrogen and oxygen atoms in total. The van der Waals surface area contributed by atoms with Gasteiger partial charge in [-0.15, -0.1) is 11.3 Å². The average molecular weight is 681 g/mol. The Labute approximate surface area is 230 Å². The molecule has 0 saturated carbocycles. The minimum absolute atomic E-state index is 0.00280. The molecule has 0 bridgehead atoms. The summed E-state index contributed by atoms with van der Waals surface area (Å²) in [5.41, 5.74) is 3.74. The summed E-state index contributed by atoms with van der Waals surface area (Å²) in [6.45, 7) is 0. The number of alkyl halides is 16. The Morgan fingerprint density at radius 1 is 0.738 bits per heavy atom. The largest absolute Gasteiger partial charge is 0.393 e. The highest BCUT2D eigenvalue weighted by Gasteiger charge is 2.94. The summed E-state index contributed by atoms with van der Waals surface area (Å²) >= 11 is 5.68. The predicted octanol–water partition coefficient (Wildman–Crippen LogP) is 7.82. The third-order valence-electron chi connectivity index (χ3n) is 5.37. The van der Waals surface area contributed by atoms with Gasteiger partial charge in [-0.05, 0) is 17.7 Å². The van der Waals surface area contributed by atoms with Gasteiger partial charge in [-0.2, -0.15) is 61.5 Å². The van der Waals surface area contributed by atoms with E-state index in [-0.39, 0.29) is 27.5 Å². The number of nitrogens with two attached hydrogens (primary N) is 1. The number of hydrogen-bond acceptors (Lipinski definition) is 3. The minimum Gasteiger partial charge on any atom is -0.365 e. The number of benzene rings is 1. The fourth-order valence-electron chi connectivity index (χ4n) is 3.00. The van der Waals surface area contributed by atoms with Crippen molar-refractivity contribution >= 4 is 39.8 Å². The van der Waals surface area contributed by atoms with E-state index in [1.807, 2.05) is 0 Å². The number of anilines is 1. The summed E-state index contributed by atoms with van der Waals surface area (Å²) in [7, 11) is 0. The van der Waals surface area contributed by atoms with Crippen LogP contribution in [0.3, 0.4) is 0 Å². The van der Waals surface area contributed by atoms with Crippen LogP contribution < -0.4 is 11.1 Å². The lowest BCUT2D eigenvalue weighted by Crippen LogP contribution is -2.74. The summed E-state index contributed by atoms with van der Waals surface area (Å²) in [5, 5.41) is 0.501. The molecular formula is C20H9ClF16N2O2S. The van der Waals surface area contributed by atoms with E-state index in [0.29, 0.717) is 0 Å². The van der Waals surface area contributed by atoms with E-state index < -0.39 is 70.3 Å². The topological polar surface area (TPSA) is 72.2 Å². The lowest BCUT2D eigenvalue weighted by molar-refractivity contribution is -0.443. The number of amides is 2. The second-order valence-electron chi connectivity index (χ2n) is 8.05. The Kier molecular flexibility index (Phi) is 8.92. The second-order valence-corrected chi connectivity index (χ2v) is 9.36. The van der Waals surface area contributed by atoms with Gasteiger partial charge >= 0.3 is 53.8 Å². The predicted molar refractivity (Wildman–Crippen MR) is 113 cm³/mol. The van der Waals surface area contributed by atoms with Gasteiger partial charge in [0.05, 0.1) is 5.56 Å². The molecule has 1 heterocycles. The van der Waals surface area contributed by atoms with Gasteiger partial charge in [0.25, 0.3) is 5.91 Å². The van der Waals surface area contributed by atoms with Crippen molar-refractivity contribution in [1.29, 1.82) is 0 Å². The first-order valence-corrected chi connectivity index (χ1v) is 11.3. The van der Waals surface area contributed by atoms with Crippen molar-refractivity contribution in [2.45, 2.75) is 47.9 Å². The highest BCUT2D eigenvalue weighted by atomic mass is 35.5. The first-order valence-electron chi connectivity index (χ1n) is 10.1. The van der Waals surface area contributed by atoms with Gasteiger partial charge in [0.2, 0.25) is 0 Å². The molecule has 1 aromatic heterocycles. The number of nitrogens with one attached hydrogen (secondary N) is 1. The summed E-state index contributed by atoms with van der Waals surface area (Å²) in [4.78, 5) is 23.7. The smallest absolute Gasteiger partial charge is 0.365 e. The molecule has 2 rings (SSSR count). The van der Waals surface area contributed by atoms with Crippen LogP contribution in [0.1, 0.15) is 10.4 Å². The summed E-state index contributed by atoms with van der Waals surface area (Å²) in [5.74, 6) is -62.3. The van der Waals surface area contributed by atoms with Crippen LogP contribution in [0.2, 0.25) is 5.02 Å². The zero-order valence-corrected chi connectivity index (χ0v) is 20.8. The Hall–Kier alpha value is -2.97. The zero-order valence-electron chi connectivity index (χ0n) is 19.2. The minimum atomic E-state index is -8.65. The molecule has 1 aromatic carbocycles. The van der Waals surface area contributed by atoms with E-state index in [0.717, 1.165) is 10.7 Å². The van der Waals surface area contributed by atoms with Crippen molar-refractivity contribution in [1.82, 2.24) is 0 Å². The monoisotopic (exact) mass is 680 g/mol. The van der Waals surface area contributed by atoms with Crippen LogP contribution >= 0.6 is 22.9 Å². The molecule has 42 heavy (non-hydrogen) atoms. The second kappa shape index (κ2) is 10.6. The molecular weight excluding hydrogens is 672 g/mol. The van der Waals surface area contributed by atoms with Gasteiger partial charge in [-0.3, -0.25) is 9.59 Å². The fourth-order valence-corrected chi connectivity index (χ4v) is 4.09. The maximum absolute atomic E-state index is 14.3. The fraction of sp³-hybridized carbons (Fsp3) is 0.400. The average Bonchev–Trinajstić information content (AvgIpc) is 3.27.